The Kier molecular flexibility index (Phi) is 3.78. The molecule has 0 bridgehead atoms. The highest BCUT2D eigenvalue weighted by molar-refractivity contribution is 5.42. The zero-order valence-electron chi connectivity index (χ0n) is 13.5. The van der Waals surface area contributed by atoms with E-state index in [4.69, 9.17) is 15.7 Å². The third-order valence-electron chi connectivity index (χ3n) is 5.43. The van der Waals surface area contributed by atoms with Crippen molar-refractivity contribution in [3.8, 4) is 0 Å². The molecule has 1 aliphatic heterocycles. The average molecular weight is 301 g/mol. The van der Waals surface area contributed by atoms with Crippen LogP contribution in [-0.2, 0) is 0 Å². The maximum Gasteiger partial charge on any atom is 0.134 e. The Hall–Kier alpha value is -1.20. The summed E-state index contributed by atoms with van der Waals surface area (Å²) in [5.74, 6) is 3.42. The van der Waals surface area contributed by atoms with E-state index in [1.54, 1.807) is 0 Å². The fraction of sp³-hybridized carbons (Fsp3) is 0.765. The number of hydrogen-bond donors (Lipinski definition) is 1. The third-order valence-corrected chi connectivity index (χ3v) is 5.43. The topological polar surface area (TPSA) is 58.3 Å². The molecule has 0 radical (unpaired) electrons. The van der Waals surface area contributed by atoms with E-state index in [9.17, 15) is 0 Å². The van der Waals surface area contributed by atoms with Crippen molar-refractivity contribution in [1.82, 2.24) is 14.9 Å². The molecule has 5 nitrogen and oxygen atoms in total. The molecule has 0 spiro atoms. The van der Waals surface area contributed by atoms with Crippen molar-refractivity contribution >= 4 is 5.82 Å². The molecule has 3 aliphatic rings. The Labute approximate surface area is 132 Å². The molecule has 3 fully saturated rings. The zero-order valence-corrected chi connectivity index (χ0v) is 13.5. The van der Waals surface area contributed by atoms with Crippen molar-refractivity contribution < 1.29 is 0 Å². The lowest BCUT2D eigenvalue weighted by Crippen LogP contribution is -2.46. The lowest BCUT2D eigenvalue weighted by molar-refractivity contribution is 0.270. The SMILES string of the molecule is CCN1CCN(c2cc(C3CC(N)C3)nc(C3CC3)n2)CC1. The van der Waals surface area contributed by atoms with E-state index in [2.05, 4.69) is 22.8 Å². The van der Waals surface area contributed by atoms with E-state index < -0.39 is 0 Å². The molecule has 1 aromatic heterocycles. The summed E-state index contributed by atoms with van der Waals surface area (Å²) in [4.78, 5) is 14.7. The van der Waals surface area contributed by atoms with Crippen LogP contribution in [0, 0.1) is 0 Å². The Morgan fingerprint density at radius 3 is 2.41 bits per heavy atom. The molecule has 2 N–H and O–H groups in total. The van der Waals surface area contributed by atoms with Crippen molar-refractivity contribution in [2.24, 2.45) is 5.73 Å². The van der Waals surface area contributed by atoms with Crippen molar-refractivity contribution in [3.05, 3.63) is 17.6 Å². The summed E-state index contributed by atoms with van der Waals surface area (Å²) < 4.78 is 0. The molecule has 2 aliphatic carbocycles. The molecule has 120 valence electrons. The van der Waals surface area contributed by atoms with Crippen LogP contribution in [0.2, 0.25) is 0 Å². The number of hydrogen-bond acceptors (Lipinski definition) is 5. The van der Waals surface area contributed by atoms with Gasteiger partial charge in [-0.3, -0.25) is 0 Å². The first-order valence-electron chi connectivity index (χ1n) is 8.84. The fourth-order valence-corrected chi connectivity index (χ4v) is 3.56. The second kappa shape index (κ2) is 5.78. The normalized spacial score (nSPS) is 29.5. The van der Waals surface area contributed by atoms with E-state index in [0.29, 0.717) is 17.9 Å². The highest BCUT2D eigenvalue weighted by Crippen LogP contribution is 2.41. The van der Waals surface area contributed by atoms with Gasteiger partial charge in [0.1, 0.15) is 11.6 Å². The van der Waals surface area contributed by atoms with Gasteiger partial charge in [-0.1, -0.05) is 6.92 Å². The predicted octanol–water partition coefficient (Wildman–Crippen LogP) is 1.70. The van der Waals surface area contributed by atoms with Gasteiger partial charge in [0.25, 0.3) is 0 Å². The fourth-order valence-electron chi connectivity index (χ4n) is 3.56. The van der Waals surface area contributed by atoms with Gasteiger partial charge in [-0.15, -0.1) is 0 Å². The predicted molar refractivity (Wildman–Crippen MR) is 88.3 cm³/mol. The van der Waals surface area contributed by atoms with Gasteiger partial charge >= 0.3 is 0 Å². The van der Waals surface area contributed by atoms with Crippen LogP contribution in [0.4, 0.5) is 5.82 Å². The standard InChI is InChI=1S/C17H27N5/c1-2-21-5-7-22(8-6-21)16-11-15(13-9-14(18)10-13)19-17(20-16)12-3-4-12/h11-14H,2-10,18H2,1H3. The molecule has 5 heteroatoms. The van der Waals surface area contributed by atoms with Gasteiger partial charge in [0.15, 0.2) is 0 Å². The number of rotatable bonds is 4. The van der Waals surface area contributed by atoms with Crippen molar-refractivity contribution in [2.45, 2.75) is 50.5 Å². The van der Waals surface area contributed by atoms with Crippen LogP contribution in [0.3, 0.4) is 0 Å². The van der Waals surface area contributed by atoms with Gasteiger partial charge in [0.2, 0.25) is 0 Å². The van der Waals surface area contributed by atoms with Gasteiger partial charge < -0.3 is 15.5 Å². The molecular weight excluding hydrogens is 274 g/mol. The van der Waals surface area contributed by atoms with Crippen molar-refractivity contribution in [3.63, 3.8) is 0 Å². The summed E-state index contributed by atoms with van der Waals surface area (Å²) in [5, 5.41) is 0. The summed E-state index contributed by atoms with van der Waals surface area (Å²) in [6.07, 6.45) is 4.70. The maximum atomic E-state index is 5.97. The van der Waals surface area contributed by atoms with Gasteiger partial charge in [-0.2, -0.15) is 0 Å². The lowest BCUT2D eigenvalue weighted by atomic mass is 9.78. The van der Waals surface area contributed by atoms with Crippen LogP contribution in [0.15, 0.2) is 6.07 Å². The van der Waals surface area contributed by atoms with E-state index >= 15 is 0 Å². The Morgan fingerprint density at radius 1 is 1.09 bits per heavy atom. The van der Waals surface area contributed by atoms with Gasteiger partial charge in [-0.25, -0.2) is 9.97 Å². The molecule has 4 rings (SSSR count). The van der Waals surface area contributed by atoms with Crippen LogP contribution in [0.1, 0.15) is 56.0 Å². The molecule has 2 saturated carbocycles. The van der Waals surface area contributed by atoms with Crippen LogP contribution in [0.25, 0.3) is 0 Å². The number of nitrogens with zero attached hydrogens (tertiary/aromatic N) is 4. The van der Waals surface area contributed by atoms with Crippen LogP contribution < -0.4 is 10.6 Å². The molecule has 0 atom stereocenters. The van der Waals surface area contributed by atoms with Crippen molar-refractivity contribution in [2.75, 3.05) is 37.6 Å². The number of anilines is 1. The van der Waals surface area contributed by atoms with Gasteiger partial charge in [0.05, 0.1) is 0 Å². The monoisotopic (exact) mass is 301 g/mol. The average Bonchev–Trinajstić information content (AvgIpc) is 3.36. The van der Waals surface area contributed by atoms with E-state index in [0.717, 1.165) is 57.2 Å². The minimum Gasteiger partial charge on any atom is -0.354 e. The molecular formula is C17H27N5. The summed E-state index contributed by atoms with van der Waals surface area (Å²) in [7, 11) is 0. The van der Waals surface area contributed by atoms with E-state index in [-0.39, 0.29) is 0 Å². The first kappa shape index (κ1) is 14.4. The number of piperazine rings is 1. The van der Waals surface area contributed by atoms with E-state index in [1.165, 1.54) is 18.5 Å². The summed E-state index contributed by atoms with van der Waals surface area (Å²) >= 11 is 0. The van der Waals surface area contributed by atoms with Crippen LogP contribution in [-0.4, -0.2) is 53.6 Å². The Morgan fingerprint density at radius 2 is 1.82 bits per heavy atom. The Balaban J connectivity index is 1.55. The number of aromatic nitrogens is 2. The molecule has 2 heterocycles. The van der Waals surface area contributed by atoms with E-state index in [1.807, 2.05) is 0 Å². The second-order valence-corrected chi connectivity index (χ2v) is 7.13. The lowest BCUT2D eigenvalue weighted by Gasteiger charge is -2.36. The summed E-state index contributed by atoms with van der Waals surface area (Å²) in [6, 6.07) is 2.62. The zero-order chi connectivity index (χ0) is 15.1. The summed E-state index contributed by atoms with van der Waals surface area (Å²) in [5.41, 5.74) is 7.21. The highest BCUT2D eigenvalue weighted by atomic mass is 15.3. The third kappa shape index (κ3) is 2.84. The highest BCUT2D eigenvalue weighted by Gasteiger charge is 2.33. The molecule has 22 heavy (non-hydrogen) atoms. The number of likely N-dealkylation sites (N-methyl/N-ethyl adjacent to an activating group) is 1. The molecule has 0 unspecified atom stereocenters. The largest absolute Gasteiger partial charge is 0.354 e. The van der Waals surface area contributed by atoms with Crippen LogP contribution >= 0.6 is 0 Å². The molecule has 0 amide bonds. The second-order valence-electron chi connectivity index (χ2n) is 7.13. The molecule has 1 saturated heterocycles. The molecule has 0 aromatic carbocycles. The quantitative estimate of drug-likeness (QED) is 0.917. The minimum absolute atomic E-state index is 0.376. The minimum atomic E-state index is 0.376. The first-order chi connectivity index (χ1) is 10.7. The molecule has 1 aromatic rings. The number of nitrogens with two attached hydrogens (primary N) is 1. The van der Waals surface area contributed by atoms with Crippen LogP contribution in [0.5, 0.6) is 0 Å². The first-order valence-corrected chi connectivity index (χ1v) is 8.84. The maximum absolute atomic E-state index is 5.97. The Bertz CT molecular complexity index is 528. The summed E-state index contributed by atoms with van der Waals surface area (Å²) in [6.45, 7) is 7.84. The van der Waals surface area contributed by atoms with Crippen molar-refractivity contribution in [1.29, 1.82) is 0 Å². The van der Waals surface area contributed by atoms with Gasteiger partial charge in [0, 0.05) is 55.8 Å². The smallest absolute Gasteiger partial charge is 0.134 e. The van der Waals surface area contributed by atoms with Gasteiger partial charge in [-0.05, 0) is 32.2 Å².